The van der Waals surface area contributed by atoms with Crippen LogP contribution in [0.15, 0.2) is 35.5 Å². The van der Waals surface area contributed by atoms with E-state index >= 15 is 0 Å². The first-order valence-corrected chi connectivity index (χ1v) is 5.02. The van der Waals surface area contributed by atoms with Gasteiger partial charge in [0.1, 0.15) is 12.8 Å². The Balaban J connectivity index is 2.70. The van der Waals surface area contributed by atoms with Crippen LogP contribution in [0.2, 0.25) is 0 Å². The molecule has 0 amide bonds. The number of hydrogen-bond donors (Lipinski definition) is 1. The van der Waals surface area contributed by atoms with E-state index in [2.05, 4.69) is 9.99 Å². The first-order chi connectivity index (χ1) is 8.15. The fourth-order valence-electron chi connectivity index (χ4n) is 1.08. The highest BCUT2D eigenvalue weighted by molar-refractivity contribution is 6.02. The second-order valence-electron chi connectivity index (χ2n) is 3.27. The molecule has 3 nitrogen and oxygen atoms in total. The van der Waals surface area contributed by atoms with E-state index in [0.29, 0.717) is 0 Å². The Bertz CT molecular complexity index is 357. The van der Waals surface area contributed by atoms with Crippen LogP contribution in [0.5, 0.6) is 0 Å². The molecule has 0 aromatic heterocycles. The van der Waals surface area contributed by atoms with Gasteiger partial charge in [-0.05, 0) is 0 Å². The summed E-state index contributed by atoms with van der Waals surface area (Å²) in [7, 11) is 0. The van der Waals surface area contributed by atoms with Gasteiger partial charge in [-0.3, -0.25) is 0 Å². The van der Waals surface area contributed by atoms with Crippen LogP contribution in [0.3, 0.4) is 0 Å². The van der Waals surface area contributed by atoms with Crippen molar-refractivity contribution in [3.05, 3.63) is 35.9 Å². The van der Waals surface area contributed by atoms with Gasteiger partial charge in [-0.25, -0.2) is 13.2 Å². The molecule has 1 aromatic rings. The molecule has 0 saturated carbocycles. The van der Waals surface area contributed by atoms with Crippen molar-refractivity contribution in [3.8, 4) is 0 Å². The minimum atomic E-state index is -2.78. The number of nitrogens with zero attached hydrogens (tertiary/aromatic N) is 1. The molecule has 0 spiro atoms. The van der Waals surface area contributed by atoms with E-state index in [0.717, 1.165) is 0 Å². The Hall–Kier alpha value is -1.56. The fourth-order valence-corrected chi connectivity index (χ4v) is 1.08. The second kappa shape index (κ2) is 6.90. The molecule has 1 aromatic carbocycles. The third-order valence-electron chi connectivity index (χ3n) is 1.95. The molecule has 17 heavy (non-hydrogen) atoms. The standard InChI is InChI=1S/C11H13F3N2O/c12-9(6-15)7-17-16-10(11(13)14)8-4-2-1-3-5-8/h1-5,9,11H,6-7,15H2/b16-10-. The molecule has 1 rings (SSSR count). The van der Waals surface area contributed by atoms with Crippen LogP contribution in [-0.4, -0.2) is 31.5 Å². The maximum absolute atomic E-state index is 12.7. The van der Waals surface area contributed by atoms with E-state index < -0.39 is 24.9 Å². The average Bonchev–Trinajstić information content (AvgIpc) is 2.34. The van der Waals surface area contributed by atoms with Gasteiger partial charge in [0.05, 0.1) is 0 Å². The predicted molar refractivity (Wildman–Crippen MR) is 58.9 cm³/mol. The Labute approximate surface area is 97.1 Å². The van der Waals surface area contributed by atoms with E-state index in [4.69, 9.17) is 5.73 Å². The third-order valence-corrected chi connectivity index (χ3v) is 1.95. The predicted octanol–water partition coefficient (Wildman–Crippen LogP) is 1.97. The quantitative estimate of drug-likeness (QED) is 0.616. The van der Waals surface area contributed by atoms with Crippen LogP contribution >= 0.6 is 0 Å². The molecule has 94 valence electrons. The molecule has 0 radical (unpaired) electrons. The number of oxime groups is 1. The zero-order valence-corrected chi connectivity index (χ0v) is 9.02. The van der Waals surface area contributed by atoms with Crippen molar-refractivity contribution in [2.75, 3.05) is 13.2 Å². The summed E-state index contributed by atoms with van der Waals surface area (Å²) in [6.45, 7) is -0.662. The van der Waals surface area contributed by atoms with Crippen LogP contribution in [0, 0.1) is 0 Å². The van der Waals surface area contributed by atoms with E-state index in [9.17, 15) is 13.2 Å². The van der Waals surface area contributed by atoms with Crippen molar-refractivity contribution in [3.63, 3.8) is 0 Å². The molecule has 0 aliphatic heterocycles. The largest absolute Gasteiger partial charge is 0.392 e. The lowest BCUT2D eigenvalue weighted by molar-refractivity contribution is 0.0857. The Morgan fingerprint density at radius 1 is 1.24 bits per heavy atom. The van der Waals surface area contributed by atoms with Crippen molar-refractivity contribution in [2.24, 2.45) is 10.9 Å². The number of rotatable bonds is 6. The van der Waals surface area contributed by atoms with Gasteiger partial charge in [0.25, 0.3) is 6.43 Å². The van der Waals surface area contributed by atoms with Gasteiger partial charge in [-0.15, -0.1) is 0 Å². The molecule has 0 aliphatic rings. The molecule has 0 saturated heterocycles. The van der Waals surface area contributed by atoms with Crippen LogP contribution in [0.25, 0.3) is 0 Å². The van der Waals surface area contributed by atoms with E-state index in [1.54, 1.807) is 18.2 Å². The van der Waals surface area contributed by atoms with Gasteiger partial charge in [-0.1, -0.05) is 35.5 Å². The molecular formula is C11H13F3N2O. The highest BCUT2D eigenvalue weighted by atomic mass is 19.3. The van der Waals surface area contributed by atoms with Crippen LogP contribution in [0.1, 0.15) is 5.56 Å². The highest BCUT2D eigenvalue weighted by Crippen LogP contribution is 2.09. The lowest BCUT2D eigenvalue weighted by Crippen LogP contribution is -2.21. The van der Waals surface area contributed by atoms with Crippen LogP contribution in [-0.2, 0) is 4.84 Å². The summed E-state index contributed by atoms with van der Waals surface area (Å²) in [4.78, 5) is 4.52. The van der Waals surface area contributed by atoms with Gasteiger partial charge in [0.15, 0.2) is 5.71 Å². The third kappa shape index (κ3) is 4.44. The SMILES string of the molecule is NCC(F)CO/N=C(/c1ccccc1)C(F)F. The summed E-state index contributed by atoms with van der Waals surface area (Å²) in [6.07, 6.45) is -4.19. The second-order valence-corrected chi connectivity index (χ2v) is 3.27. The van der Waals surface area contributed by atoms with Crippen molar-refractivity contribution in [2.45, 2.75) is 12.6 Å². The number of alkyl halides is 3. The van der Waals surface area contributed by atoms with Crippen LogP contribution < -0.4 is 5.73 Å². The Morgan fingerprint density at radius 3 is 2.41 bits per heavy atom. The lowest BCUT2D eigenvalue weighted by atomic mass is 10.1. The number of benzene rings is 1. The monoisotopic (exact) mass is 246 g/mol. The first kappa shape index (κ1) is 13.5. The molecule has 1 unspecified atom stereocenters. The summed E-state index contributed by atoms with van der Waals surface area (Å²) in [5.41, 5.74) is 4.73. The summed E-state index contributed by atoms with van der Waals surface area (Å²) in [6, 6.07) is 7.85. The van der Waals surface area contributed by atoms with E-state index in [1.165, 1.54) is 12.1 Å². The van der Waals surface area contributed by atoms with Gasteiger partial charge in [0.2, 0.25) is 0 Å². The maximum atomic E-state index is 12.7. The molecular weight excluding hydrogens is 233 g/mol. The zero-order chi connectivity index (χ0) is 12.7. The molecule has 0 heterocycles. The smallest absolute Gasteiger partial charge is 0.284 e. The van der Waals surface area contributed by atoms with Crippen molar-refractivity contribution in [1.29, 1.82) is 0 Å². The zero-order valence-electron chi connectivity index (χ0n) is 9.02. The highest BCUT2D eigenvalue weighted by Gasteiger charge is 2.16. The number of nitrogens with two attached hydrogens (primary N) is 1. The molecule has 2 N–H and O–H groups in total. The molecule has 1 atom stereocenters. The van der Waals surface area contributed by atoms with Crippen molar-refractivity contribution in [1.82, 2.24) is 0 Å². The van der Waals surface area contributed by atoms with Gasteiger partial charge >= 0.3 is 0 Å². The number of hydrogen-bond acceptors (Lipinski definition) is 3. The molecule has 0 aliphatic carbocycles. The minimum absolute atomic E-state index is 0.231. The Kier molecular flexibility index (Phi) is 5.48. The summed E-state index contributed by atoms with van der Waals surface area (Å²) in [5, 5.41) is 3.25. The van der Waals surface area contributed by atoms with Crippen molar-refractivity contribution >= 4 is 5.71 Å². The Morgan fingerprint density at radius 2 is 1.88 bits per heavy atom. The minimum Gasteiger partial charge on any atom is -0.392 e. The lowest BCUT2D eigenvalue weighted by Gasteiger charge is -2.07. The summed E-state index contributed by atoms with van der Waals surface area (Å²) >= 11 is 0. The normalized spacial score (nSPS) is 13.8. The van der Waals surface area contributed by atoms with Crippen molar-refractivity contribution < 1.29 is 18.0 Å². The molecule has 0 fully saturated rings. The van der Waals surface area contributed by atoms with Gasteiger partial charge in [0, 0.05) is 12.1 Å². The average molecular weight is 246 g/mol. The summed E-state index contributed by atoms with van der Waals surface area (Å²) < 4.78 is 38.0. The van der Waals surface area contributed by atoms with Crippen LogP contribution in [0.4, 0.5) is 13.2 Å². The summed E-state index contributed by atoms with van der Waals surface area (Å²) in [5.74, 6) is 0. The van der Waals surface area contributed by atoms with Gasteiger partial charge < -0.3 is 10.6 Å². The number of halogens is 3. The topological polar surface area (TPSA) is 47.6 Å². The molecule has 6 heteroatoms. The van der Waals surface area contributed by atoms with Gasteiger partial charge in [-0.2, -0.15) is 0 Å². The van der Waals surface area contributed by atoms with E-state index in [-0.39, 0.29) is 12.1 Å². The maximum Gasteiger partial charge on any atom is 0.284 e. The van der Waals surface area contributed by atoms with E-state index in [1.807, 2.05) is 0 Å². The molecule has 0 bridgehead atoms. The first-order valence-electron chi connectivity index (χ1n) is 5.02. The fraction of sp³-hybridized carbons (Fsp3) is 0.364.